The summed E-state index contributed by atoms with van der Waals surface area (Å²) in [4.78, 5) is 2.59. The molecular formula is C18H29N. The molecule has 3 aliphatic carbocycles. The normalized spacial score (nSPS) is 43.3. The van der Waals surface area contributed by atoms with Crippen LogP contribution in [-0.2, 0) is 0 Å². The lowest BCUT2D eigenvalue weighted by molar-refractivity contribution is -0.0617. The Hall–Kier alpha value is -0.720. The number of hydrogen-bond donors (Lipinski definition) is 0. The van der Waals surface area contributed by atoms with E-state index in [4.69, 9.17) is 0 Å². The predicted octanol–water partition coefficient (Wildman–Crippen LogP) is 4.61. The van der Waals surface area contributed by atoms with Crippen LogP contribution in [0.5, 0.6) is 0 Å². The second-order valence-corrected chi connectivity index (χ2v) is 7.17. The molecule has 3 aliphatic rings. The summed E-state index contributed by atoms with van der Waals surface area (Å²) in [6.45, 7) is 13.9. The summed E-state index contributed by atoms with van der Waals surface area (Å²) in [5, 5.41) is 0. The Morgan fingerprint density at radius 2 is 2.05 bits per heavy atom. The molecule has 0 amide bonds. The van der Waals surface area contributed by atoms with Crippen LogP contribution in [0.1, 0.15) is 52.4 Å². The van der Waals surface area contributed by atoms with Crippen molar-refractivity contribution in [3.8, 4) is 0 Å². The minimum Gasteiger partial charge on any atom is -0.366 e. The molecule has 3 saturated carbocycles. The van der Waals surface area contributed by atoms with E-state index in [0.29, 0.717) is 5.54 Å². The predicted molar refractivity (Wildman–Crippen MR) is 81.8 cm³/mol. The molecule has 0 aromatic heterocycles. The number of likely N-dealkylation sites (N-methyl/N-ethyl adjacent to an activating group) is 1. The first-order valence-corrected chi connectivity index (χ1v) is 8.23. The van der Waals surface area contributed by atoms with Gasteiger partial charge in [-0.3, -0.25) is 0 Å². The first kappa shape index (κ1) is 13.3. The molecule has 5 atom stereocenters. The van der Waals surface area contributed by atoms with Crippen molar-refractivity contribution < 1.29 is 0 Å². The van der Waals surface area contributed by atoms with Crippen LogP contribution in [0.15, 0.2) is 24.9 Å². The Morgan fingerprint density at radius 1 is 1.26 bits per heavy atom. The van der Waals surface area contributed by atoms with E-state index in [9.17, 15) is 0 Å². The number of fused-ring (bicyclic) bond motifs is 1. The molecule has 0 aliphatic heterocycles. The maximum atomic E-state index is 4.24. The van der Waals surface area contributed by atoms with Gasteiger partial charge in [0.2, 0.25) is 0 Å². The standard InChI is InChI=1S/C18H29N/c1-5-13(4)19(7-3)18-11-15-8-14(6-2)9-16(12-18)17(18)10-15/h5,14-17H,1,4,6-12H2,2-3H3. The van der Waals surface area contributed by atoms with Crippen LogP contribution >= 0.6 is 0 Å². The minimum absolute atomic E-state index is 0.466. The molecule has 0 heterocycles. The third-order valence-electron chi connectivity index (χ3n) is 6.42. The molecule has 3 fully saturated rings. The van der Waals surface area contributed by atoms with Crippen LogP contribution < -0.4 is 0 Å². The van der Waals surface area contributed by atoms with E-state index < -0.39 is 0 Å². The fourth-order valence-electron chi connectivity index (χ4n) is 5.71. The highest BCUT2D eigenvalue weighted by Gasteiger charge is 2.62. The molecule has 5 unspecified atom stereocenters. The summed E-state index contributed by atoms with van der Waals surface area (Å²) < 4.78 is 0. The van der Waals surface area contributed by atoms with E-state index in [-0.39, 0.29) is 0 Å². The van der Waals surface area contributed by atoms with Crippen molar-refractivity contribution in [2.45, 2.75) is 57.9 Å². The lowest BCUT2D eigenvalue weighted by Gasteiger charge is -2.59. The monoisotopic (exact) mass is 259 g/mol. The molecule has 0 radical (unpaired) electrons. The zero-order chi connectivity index (χ0) is 13.6. The van der Waals surface area contributed by atoms with E-state index in [1.165, 1.54) is 38.5 Å². The fourth-order valence-corrected chi connectivity index (χ4v) is 5.71. The zero-order valence-electron chi connectivity index (χ0n) is 12.7. The molecule has 1 nitrogen and oxygen atoms in total. The number of rotatable bonds is 5. The van der Waals surface area contributed by atoms with Crippen molar-refractivity contribution >= 4 is 0 Å². The minimum atomic E-state index is 0.466. The summed E-state index contributed by atoms with van der Waals surface area (Å²) in [6, 6.07) is 0. The van der Waals surface area contributed by atoms with Gasteiger partial charge in [0.15, 0.2) is 0 Å². The average Bonchev–Trinajstić information content (AvgIpc) is 2.57. The molecule has 1 heteroatoms. The van der Waals surface area contributed by atoms with Gasteiger partial charge in [-0.2, -0.15) is 0 Å². The van der Waals surface area contributed by atoms with Gasteiger partial charge in [0.05, 0.1) is 0 Å². The molecule has 0 aromatic carbocycles. The fraction of sp³-hybridized carbons (Fsp3) is 0.778. The molecule has 0 N–H and O–H groups in total. The van der Waals surface area contributed by atoms with Crippen molar-refractivity contribution in [3.63, 3.8) is 0 Å². The second kappa shape index (κ2) is 4.68. The van der Waals surface area contributed by atoms with Gasteiger partial charge in [0, 0.05) is 17.8 Å². The van der Waals surface area contributed by atoms with Crippen LogP contribution in [0.2, 0.25) is 0 Å². The molecule has 0 spiro atoms. The highest BCUT2D eigenvalue weighted by molar-refractivity contribution is 5.23. The Morgan fingerprint density at radius 3 is 2.68 bits per heavy atom. The highest BCUT2D eigenvalue weighted by atomic mass is 15.2. The summed E-state index contributed by atoms with van der Waals surface area (Å²) in [5.74, 6) is 3.94. The summed E-state index contributed by atoms with van der Waals surface area (Å²) in [5.41, 5.74) is 1.62. The Bertz CT molecular complexity index is 381. The zero-order valence-corrected chi connectivity index (χ0v) is 12.7. The molecule has 0 aromatic rings. The lowest BCUT2D eigenvalue weighted by Crippen LogP contribution is -2.61. The maximum absolute atomic E-state index is 4.24. The van der Waals surface area contributed by atoms with Crippen molar-refractivity contribution in [1.82, 2.24) is 4.90 Å². The Kier molecular flexibility index (Phi) is 3.27. The first-order chi connectivity index (χ1) is 9.14. The SMILES string of the molecule is C=CC(=C)N(CC)C12CC3CC(CC)CC(C1)C2C3. The van der Waals surface area contributed by atoms with Gasteiger partial charge in [-0.05, 0) is 68.8 Å². The molecule has 0 saturated heterocycles. The van der Waals surface area contributed by atoms with Gasteiger partial charge < -0.3 is 4.90 Å². The third kappa shape index (κ3) is 1.80. The first-order valence-electron chi connectivity index (χ1n) is 8.23. The molecule has 3 rings (SSSR count). The molecule has 106 valence electrons. The number of allylic oxidation sites excluding steroid dienone is 1. The smallest absolute Gasteiger partial charge is 0.0438 e. The lowest BCUT2D eigenvalue weighted by atomic mass is 9.57. The topological polar surface area (TPSA) is 3.24 Å². The van der Waals surface area contributed by atoms with Gasteiger partial charge in [-0.15, -0.1) is 0 Å². The molecule has 2 bridgehead atoms. The van der Waals surface area contributed by atoms with Gasteiger partial charge in [-0.25, -0.2) is 0 Å². The Balaban J connectivity index is 1.83. The van der Waals surface area contributed by atoms with E-state index in [2.05, 4.69) is 31.9 Å². The van der Waals surface area contributed by atoms with E-state index in [1.54, 1.807) is 0 Å². The summed E-state index contributed by atoms with van der Waals surface area (Å²) in [7, 11) is 0. The summed E-state index contributed by atoms with van der Waals surface area (Å²) in [6.07, 6.45) is 10.7. The quantitative estimate of drug-likeness (QED) is 0.652. The van der Waals surface area contributed by atoms with E-state index in [0.717, 1.165) is 35.9 Å². The van der Waals surface area contributed by atoms with Crippen LogP contribution in [0.25, 0.3) is 0 Å². The third-order valence-corrected chi connectivity index (χ3v) is 6.42. The van der Waals surface area contributed by atoms with Crippen molar-refractivity contribution in [1.29, 1.82) is 0 Å². The van der Waals surface area contributed by atoms with Crippen molar-refractivity contribution in [3.05, 3.63) is 24.9 Å². The van der Waals surface area contributed by atoms with Crippen molar-refractivity contribution in [2.24, 2.45) is 23.7 Å². The van der Waals surface area contributed by atoms with Gasteiger partial charge in [0.25, 0.3) is 0 Å². The number of nitrogens with zero attached hydrogens (tertiary/aromatic N) is 1. The van der Waals surface area contributed by atoms with Crippen LogP contribution in [0.4, 0.5) is 0 Å². The van der Waals surface area contributed by atoms with E-state index >= 15 is 0 Å². The van der Waals surface area contributed by atoms with Gasteiger partial charge in [0.1, 0.15) is 0 Å². The largest absolute Gasteiger partial charge is 0.366 e. The van der Waals surface area contributed by atoms with Crippen LogP contribution in [0.3, 0.4) is 0 Å². The average molecular weight is 259 g/mol. The van der Waals surface area contributed by atoms with Crippen LogP contribution in [0, 0.1) is 23.7 Å². The van der Waals surface area contributed by atoms with E-state index in [1.807, 2.05) is 6.08 Å². The number of hydrogen-bond acceptors (Lipinski definition) is 1. The van der Waals surface area contributed by atoms with Gasteiger partial charge >= 0.3 is 0 Å². The second-order valence-electron chi connectivity index (χ2n) is 7.17. The van der Waals surface area contributed by atoms with Crippen molar-refractivity contribution in [2.75, 3.05) is 6.54 Å². The summed E-state index contributed by atoms with van der Waals surface area (Å²) >= 11 is 0. The Labute approximate surface area is 118 Å². The molecular weight excluding hydrogens is 230 g/mol. The van der Waals surface area contributed by atoms with Gasteiger partial charge in [-0.1, -0.05) is 26.5 Å². The maximum Gasteiger partial charge on any atom is 0.0438 e. The molecule has 19 heavy (non-hydrogen) atoms. The highest BCUT2D eigenvalue weighted by Crippen LogP contribution is 2.65. The van der Waals surface area contributed by atoms with Crippen LogP contribution in [-0.4, -0.2) is 17.0 Å².